The first-order valence-electron chi connectivity index (χ1n) is 7.02. The van der Waals surface area contributed by atoms with Gasteiger partial charge < -0.3 is 14.7 Å². The van der Waals surface area contributed by atoms with Crippen molar-refractivity contribution in [1.82, 2.24) is 9.80 Å². The van der Waals surface area contributed by atoms with Gasteiger partial charge in [0.1, 0.15) is 0 Å². The number of rotatable bonds is 5. The van der Waals surface area contributed by atoms with Crippen LogP contribution in [0, 0.1) is 5.92 Å². The fourth-order valence-corrected chi connectivity index (χ4v) is 2.74. The zero-order valence-corrected chi connectivity index (χ0v) is 10.8. The summed E-state index contributed by atoms with van der Waals surface area (Å²) in [6, 6.07) is 0. The Morgan fingerprint density at radius 3 is 2.12 bits per heavy atom. The summed E-state index contributed by atoms with van der Waals surface area (Å²) in [7, 11) is 0. The van der Waals surface area contributed by atoms with E-state index in [1.165, 1.54) is 45.4 Å². The van der Waals surface area contributed by atoms with E-state index in [0.29, 0.717) is 12.5 Å². The largest absolute Gasteiger partial charge is 0.396 e. The van der Waals surface area contributed by atoms with E-state index in [1.54, 1.807) is 0 Å². The molecule has 0 saturated carbocycles. The minimum Gasteiger partial charge on any atom is -0.396 e. The highest BCUT2D eigenvalue weighted by Gasteiger charge is 2.18. The Bertz CT molecular complexity index is 200. The SMILES string of the molecule is OCC1CCN(CCCN2CCOCC2)CC1. The van der Waals surface area contributed by atoms with Crippen molar-refractivity contribution < 1.29 is 9.84 Å². The topological polar surface area (TPSA) is 35.9 Å². The van der Waals surface area contributed by atoms with Gasteiger partial charge >= 0.3 is 0 Å². The molecule has 0 aromatic carbocycles. The second-order valence-electron chi connectivity index (χ2n) is 5.28. The second-order valence-corrected chi connectivity index (χ2v) is 5.28. The Kier molecular flexibility index (Phi) is 5.71. The lowest BCUT2D eigenvalue weighted by Crippen LogP contribution is -2.39. The molecule has 0 bridgehead atoms. The maximum Gasteiger partial charge on any atom is 0.0594 e. The van der Waals surface area contributed by atoms with Crippen molar-refractivity contribution in [3.8, 4) is 0 Å². The second kappa shape index (κ2) is 7.31. The number of nitrogens with zero attached hydrogens (tertiary/aromatic N) is 2. The lowest BCUT2D eigenvalue weighted by atomic mass is 9.98. The van der Waals surface area contributed by atoms with Gasteiger partial charge in [-0.2, -0.15) is 0 Å². The van der Waals surface area contributed by atoms with Gasteiger partial charge in [0.15, 0.2) is 0 Å². The van der Waals surface area contributed by atoms with Gasteiger partial charge in [0.25, 0.3) is 0 Å². The van der Waals surface area contributed by atoms with Crippen molar-refractivity contribution in [2.45, 2.75) is 19.3 Å². The maximum atomic E-state index is 9.09. The Hall–Kier alpha value is -0.160. The Labute approximate surface area is 105 Å². The minimum atomic E-state index is 0.377. The average molecular weight is 242 g/mol. The Morgan fingerprint density at radius 1 is 0.941 bits per heavy atom. The number of aliphatic hydroxyl groups is 1. The summed E-state index contributed by atoms with van der Waals surface area (Å²) in [4.78, 5) is 5.05. The number of likely N-dealkylation sites (tertiary alicyclic amines) is 1. The van der Waals surface area contributed by atoms with Crippen LogP contribution in [0.5, 0.6) is 0 Å². The molecule has 2 aliphatic rings. The molecule has 0 unspecified atom stereocenters. The van der Waals surface area contributed by atoms with Crippen LogP contribution in [0.25, 0.3) is 0 Å². The zero-order valence-electron chi connectivity index (χ0n) is 10.8. The molecule has 2 aliphatic heterocycles. The molecule has 2 rings (SSSR count). The van der Waals surface area contributed by atoms with Crippen molar-refractivity contribution >= 4 is 0 Å². The molecule has 0 radical (unpaired) electrons. The highest BCUT2D eigenvalue weighted by molar-refractivity contribution is 4.72. The van der Waals surface area contributed by atoms with Gasteiger partial charge in [0.05, 0.1) is 13.2 Å². The van der Waals surface area contributed by atoms with Crippen LogP contribution in [0.3, 0.4) is 0 Å². The van der Waals surface area contributed by atoms with Crippen molar-refractivity contribution in [2.24, 2.45) is 5.92 Å². The smallest absolute Gasteiger partial charge is 0.0594 e. The molecule has 1 N–H and O–H groups in total. The Balaban J connectivity index is 1.53. The molecule has 17 heavy (non-hydrogen) atoms. The lowest BCUT2D eigenvalue weighted by molar-refractivity contribution is 0.0353. The molecule has 2 saturated heterocycles. The van der Waals surface area contributed by atoms with Gasteiger partial charge in [0, 0.05) is 19.7 Å². The summed E-state index contributed by atoms with van der Waals surface area (Å²) in [6.45, 7) is 9.17. The monoisotopic (exact) mass is 242 g/mol. The Morgan fingerprint density at radius 2 is 1.53 bits per heavy atom. The molecule has 2 fully saturated rings. The third kappa shape index (κ3) is 4.54. The summed E-state index contributed by atoms with van der Waals surface area (Å²) in [6.07, 6.45) is 3.62. The fourth-order valence-electron chi connectivity index (χ4n) is 2.74. The quantitative estimate of drug-likeness (QED) is 0.758. The van der Waals surface area contributed by atoms with Crippen LogP contribution in [0.4, 0.5) is 0 Å². The van der Waals surface area contributed by atoms with Crippen LogP contribution in [-0.4, -0.2) is 74.0 Å². The van der Waals surface area contributed by atoms with E-state index in [1.807, 2.05) is 0 Å². The zero-order chi connectivity index (χ0) is 11.9. The molecule has 0 aromatic rings. The third-order valence-electron chi connectivity index (χ3n) is 4.02. The first-order chi connectivity index (χ1) is 8.38. The number of hydrogen-bond acceptors (Lipinski definition) is 4. The minimum absolute atomic E-state index is 0.377. The van der Waals surface area contributed by atoms with Gasteiger partial charge in [-0.25, -0.2) is 0 Å². The summed E-state index contributed by atoms with van der Waals surface area (Å²) in [5.41, 5.74) is 0. The van der Waals surface area contributed by atoms with Crippen molar-refractivity contribution in [2.75, 3.05) is 59.1 Å². The van der Waals surface area contributed by atoms with E-state index in [0.717, 1.165) is 26.3 Å². The van der Waals surface area contributed by atoms with E-state index in [9.17, 15) is 0 Å². The summed E-state index contributed by atoms with van der Waals surface area (Å²) < 4.78 is 5.34. The van der Waals surface area contributed by atoms with E-state index >= 15 is 0 Å². The third-order valence-corrected chi connectivity index (χ3v) is 4.02. The number of morpholine rings is 1. The standard InChI is InChI=1S/C13H26N2O2/c16-12-13-2-6-14(7-3-13)4-1-5-15-8-10-17-11-9-15/h13,16H,1-12H2. The highest BCUT2D eigenvalue weighted by atomic mass is 16.5. The summed E-state index contributed by atoms with van der Waals surface area (Å²) >= 11 is 0. The molecule has 0 spiro atoms. The lowest BCUT2D eigenvalue weighted by Gasteiger charge is -2.32. The van der Waals surface area contributed by atoms with Crippen LogP contribution < -0.4 is 0 Å². The van der Waals surface area contributed by atoms with Crippen LogP contribution in [0.1, 0.15) is 19.3 Å². The van der Waals surface area contributed by atoms with Crippen molar-refractivity contribution in [1.29, 1.82) is 0 Å². The number of ether oxygens (including phenoxy) is 1. The fraction of sp³-hybridized carbons (Fsp3) is 1.00. The molecule has 4 nitrogen and oxygen atoms in total. The number of piperidine rings is 1. The molecule has 0 aliphatic carbocycles. The van der Waals surface area contributed by atoms with E-state index < -0.39 is 0 Å². The predicted molar refractivity (Wildman–Crippen MR) is 68.1 cm³/mol. The maximum absolute atomic E-state index is 9.09. The number of hydrogen-bond donors (Lipinski definition) is 1. The molecular formula is C13H26N2O2. The van der Waals surface area contributed by atoms with Crippen LogP contribution in [-0.2, 0) is 4.74 Å². The molecule has 0 aromatic heterocycles. The molecular weight excluding hydrogens is 216 g/mol. The van der Waals surface area contributed by atoms with E-state index in [2.05, 4.69) is 9.80 Å². The molecule has 2 heterocycles. The normalized spacial score (nSPS) is 25.2. The highest BCUT2D eigenvalue weighted by Crippen LogP contribution is 2.16. The van der Waals surface area contributed by atoms with Crippen LogP contribution in [0.15, 0.2) is 0 Å². The average Bonchev–Trinajstić information content (AvgIpc) is 2.41. The van der Waals surface area contributed by atoms with Gasteiger partial charge in [-0.05, 0) is 51.4 Å². The first kappa shape index (κ1) is 13.3. The molecule has 0 amide bonds. The van der Waals surface area contributed by atoms with Crippen molar-refractivity contribution in [3.05, 3.63) is 0 Å². The number of aliphatic hydroxyl groups excluding tert-OH is 1. The van der Waals surface area contributed by atoms with Gasteiger partial charge in [-0.3, -0.25) is 4.90 Å². The predicted octanol–water partition coefficient (Wildman–Crippen LogP) is 0.413. The summed E-state index contributed by atoms with van der Waals surface area (Å²) in [5.74, 6) is 0.561. The van der Waals surface area contributed by atoms with E-state index in [4.69, 9.17) is 9.84 Å². The van der Waals surface area contributed by atoms with E-state index in [-0.39, 0.29) is 0 Å². The van der Waals surface area contributed by atoms with Crippen LogP contribution in [0.2, 0.25) is 0 Å². The molecule has 4 heteroatoms. The molecule has 100 valence electrons. The van der Waals surface area contributed by atoms with Gasteiger partial charge in [-0.15, -0.1) is 0 Å². The van der Waals surface area contributed by atoms with Crippen molar-refractivity contribution in [3.63, 3.8) is 0 Å². The van der Waals surface area contributed by atoms with Gasteiger partial charge in [-0.1, -0.05) is 0 Å². The first-order valence-corrected chi connectivity index (χ1v) is 7.02. The van der Waals surface area contributed by atoms with Crippen LogP contribution >= 0.6 is 0 Å². The summed E-state index contributed by atoms with van der Waals surface area (Å²) in [5, 5.41) is 9.09. The van der Waals surface area contributed by atoms with Gasteiger partial charge in [0.2, 0.25) is 0 Å². The molecule has 0 atom stereocenters.